The zero-order chi connectivity index (χ0) is 45.8. The van der Waals surface area contributed by atoms with E-state index in [2.05, 4.69) is 130 Å². The number of ether oxygens (including phenoxy) is 3. The molecule has 0 saturated heterocycles. The van der Waals surface area contributed by atoms with E-state index in [9.17, 15) is 14.4 Å². The quantitative estimate of drug-likeness (QED) is 0.0201. The molecule has 0 rings (SSSR count). The minimum atomic E-state index is -0.855. The number of unbranched alkanes of at least 4 members (excludes halogenated alkanes) is 7. The Bertz CT molecular complexity index is 1510. The fraction of sp³-hybridized carbons (Fsp3) is 0.491. The highest BCUT2D eigenvalue weighted by atomic mass is 16.6. The maximum absolute atomic E-state index is 12.7. The van der Waals surface area contributed by atoms with Gasteiger partial charge < -0.3 is 14.2 Å². The Kier molecular flexibility index (Phi) is 45.8. The number of rotatable bonds is 40. The Morgan fingerprint density at radius 3 is 1.22 bits per heavy atom. The maximum Gasteiger partial charge on any atom is 0.306 e. The Hall–Kier alpha value is -4.97. The van der Waals surface area contributed by atoms with Crippen LogP contribution in [0.15, 0.2) is 158 Å². The van der Waals surface area contributed by atoms with E-state index in [1.54, 1.807) is 0 Å². The third-order valence-corrected chi connectivity index (χ3v) is 9.12. The first-order valence-corrected chi connectivity index (χ1v) is 24.1. The first-order chi connectivity index (χ1) is 31.0. The molecule has 0 N–H and O–H groups in total. The fourth-order valence-electron chi connectivity index (χ4n) is 5.60. The van der Waals surface area contributed by atoms with Gasteiger partial charge in [0, 0.05) is 19.3 Å². The number of carbonyl (C=O) groups excluding carboxylic acids is 3. The monoisotopic (exact) mass is 865 g/mol. The van der Waals surface area contributed by atoms with Gasteiger partial charge in [0.2, 0.25) is 0 Å². The lowest BCUT2D eigenvalue weighted by Crippen LogP contribution is -2.30. The van der Waals surface area contributed by atoms with E-state index >= 15 is 0 Å². The van der Waals surface area contributed by atoms with Crippen LogP contribution in [0.3, 0.4) is 0 Å². The smallest absolute Gasteiger partial charge is 0.306 e. The summed E-state index contributed by atoms with van der Waals surface area (Å²) in [5.41, 5.74) is 0. The largest absolute Gasteiger partial charge is 0.462 e. The normalized spacial score (nSPS) is 13.5. The summed E-state index contributed by atoms with van der Waals surface area (Å²) in [4.78, 5) is 37.8. The Morgan fingerprint density at radius 2 is 0.730 bits per heavy atom. The van der Waals surface area contributed by atoms with Gasteiger partial charge in [-0.1, -0.05) is 204 Å². The lowest BCUT2D eigenvalue weighted by Gasteiger charge is -2.18. The van der Waals surface area contributed by atoms with Gasteiger partial charge in [-0.2, -0.15) is 0 Å². The van der Waals surface area contributed by atoms with Gasteiger partial charge in [-0.15, -0.1) is 0 Å². The molecular weight excluding hydrogens is 781 g/mol. The van der Waals surface area contributed by atoms with Gasteiger partial charge in [0.15, 0.2) is 6.10 Å². The van der Waals surface area contributed by atoms with Crippen molar-refractivity contribution in [2.45, 2.75) is 168 Å². The van der Waals surface area contributed by atoms with Gasteiger partial charge in [-0.05, 0) is 96.3 Å². The molecule has 0 saturated carbocycles. The molecule has 6 heteroatoms. The minimum absolute atomic E-state index is 0.145. The predicted molar refractivity (Wildman–Crippen MR) is 269 cm³/mol. The van der Waals surface area contributed by atoms with Gasteiger partial charge in [0.1, 0.15) is 13.2 Å². The van der Waals surface area contributed by atoms with Crippen LogP contribution in [-0.2, 0) is 28.6 Å². The van der Waals surface area contributed by atoms with Crippen molar-refractivity contribution in [1.29, 1.82) is 0 Å². The molecule has 1 unspecified atom stereocenters. The van der Waals surface area contributed by atoms with Crippen LogP contribution in [0, 0.1) is 0 Å². The summed E-state index contributed by atoms with van der Waals surface area (Å²) in [5, 5.41) is 0. The molecule has 6 nitrogen and oxygen atoms in total. The number of allylic oxidation sites excluding steroid dienone is 26. The average molecular weight is 865 g/mol. The summed E-state index contributed by atoms with van der Waals surface area (Å²) in [7, 11) is 0. The van der Waals surface area contributed by atoms with Crippen molar-refractivity contribution < 1.29 is 28.6 Å². The summed E-state index contributed by atoms with van der Waals surface area (Å²) >= 11 is 0. The van der Waals surface area contributed by atoms with Crippen molar-refractivity contribution in [2.24, 2.45) is 0 Å². The Balaban J connectivity index is 4.63. The van der Waals surface area contributed by atoms with E-state index in [4.69, 9.17) is 14.2 Å². The van der Waals surface area contributed by atoms with Crippen molar-refractivity contribution in [3.63, 3.8) is 0 Å². The minimum Gasteiger partial charge on any atom is -0.462 e. The van der Waals surface area contributed by atoms with Crippen LogP contribution in [0.4, 0.5) is 0 Å². The van der Waals surface area contributed by atoms with Crippen LogP contribution in [0.25, 0.3) is 0 Å². The molecule has 1 atom stereocenters. The first-order valence-electron chi connectivity index (χ1n) is 24.1. The molecule has 0 heterocycles. The van der Waals surface area contributed by atoms with E-state index in [0.29, 0.717) is 19.3 Å². The molecule has 0 aromatic rings. The molecule has 0 aromatic heterocycles. The van der Waals surface area contributed by atoms with Gasteiger partial charge in [0.05, 0.1) is 0 Å². The summed E-state index contributed by atoms with van der Waals surface area (Å²) in [5.74, 6) is -1.13. The zero-order valence-electron chi connectivity index (χ0n) is 39.5. The van der Waals surface area contributed by atoms with Crippen molar-refractivity contribution in [3.05, 3.63) is 158 Å². The van der Waals surface area contributed by atoms with Crippen LogP contribution in [0.2, 0.25) is 0 Å². The Morgan fingerprint density at radius 1 is 0.349 bits per heavy atom. The standard InChI is InChI=1S/C57H84O6/c1-4-7-10-13-16-19-22-24-26-28-29-31-32-35-38-41-44-47-50-56(59)62-53-54(52-61-55(58)49-46-43-40-37-34-21-18-15-12-9-6-3)63-57(60)51-48-45-42-39-36-33-30-27-25-23-20-17-14-11-8-5-2/h8-13,16-22,24-29,31,33,36-37,40,42,45,54H,4-7,14-15,23,30,32,34-35,38-39,41,43-44,46-53H2,1-3H3/b11-8-,12-9-,13-10-,19-16-,20-17-,21-18-,24-22-,27-25-,28-26-,31-29-,36-33-,40-37-,45-42-. The van der Waals surface area contributed by atoms with Crippen LogP contribution < -0.4 is 0 Å². The average Bonchev–Trinajstić information content (AvgIpc) is 3.28. The summed E-state index contributed by atoms with van der Waals surface area (Å²) in [6.45, 7) is 6.14. The van der Waals surface area contributed by atoms with E-state index in [-0.39, 0.29) is 38.0 Å². The Labute approximate surface area is 384 Å². The number of hydrogen-bond donors (Lipinski definition) is 0. The molecule has 0 bridgehead atoms. The summed E-state index contributed by atoms with van der Waals surface area (Å²) < 4.78 is 16.6. The number of carbonyl (C=O) groups is 3. The molecule has 0 aliphatic carbocycles. The highest BCUT2D eigenvalue weighted by Crippen LogP contribution is 2.10. The first kappa shape index (κ1) is 58.0. The van der Waals surface area contributed by atoms with Crippen LogP contribution in [-0.4, -0.2) is 37.2 Å². The summed E-state index contributed by atoms with van der Waals surface area (Å²) in [6.07, 6.45) is 72.4. The fourth-order valence-corrected chi connectivity index (χ4v) is 5.60. The van der Waals surface area contributed by atoms with Crippen molar-refractivity contribution in [2.75, 3.05) is 13.2 Å². The van der Waals surface area contributed by atoms with Gasteiger partial charge in [-0.25, -0.2) is 0 Å². The van der Waals surface area contributed by atoms with E-state index in [1.807, 2.05) is 48.6 Å². The zero-order valence-corrected chi connectivity index (χ0v) is 39.5. The molecule has 0 aliphatic rings. The van der Waals surface area contributed by atoms with Crippen LogP contribution in [0.1, 0.15) is 162 Å². The second kappa shape index (κ2) is 49.7. The topological polar surface area (TPSA) is 78.9 Å². The molecule has 0 fully saturated rings. The number of esters is 3. The lowest BCUT2D eigenvalue weighted by molar-refractivity contribution is -0.166. The molecule has 0 radical (unpaired) electrons. The predicted octanol–water partition coefficient (Wildman–Crippen LogP) is 15.9. The van der Waals surface area contributed by atoms with Crippen LogP contribution in [0.5, 0.6) is 0 Å². The lowest BCUT2D eigenvalue weighted by atomic mass is 10.1. The van der Waals surface area contributed by atoms with Gasteiger partial charge in [0.25, 0.3) is 0 Å². The maximum atomic E-state index is 12.7. The SMILES string of the molecule is CC/C=C\C/C=C\C/C=C\C/C=C\C/C=C\CCC(=O)OC(COC(=O)CCC/C=C\C/C=C\C/C=C\CC)COC(=O)CCCCCCC\C=C/C=C\C=C/C=C\C=C/CCC. The second-order valence-electron chi connectivity index (χ2n) is 15.0. The molecule has 0 aromatic carbocycles. The third kappa shape index (κ3) is 47.9. The molecule has 0 aliphatic heterocycles. The molecule has 348 valence electrons. The summed E-state index contributed by atoms with van der Waals surface area (Å²) in [6, 6.07) is 0. The third-order valence-electron chi connectivity index (χ3n) is 9.12. The van der Waals surface area contributed by atoms with Crippen LogP contribution >= 0.6 is 0 Å². The molecular formula is C57H84O6. The van der Waals surface area contributed by atoms with Gasteiger partial charge in [-0.3, -0.25) is 14.4 Å². The van der Waals surface area contributed by atoms with E-state index < -0.39 is 12.1 Å². The van der Waals surface area contributed by atoms with Crippen molar-refractivity contribution >= 4 is 17.9 Å². The van der Waals surface area contributed by atoms with Crippen molar-refractivity contribution in [3.8, 4) is 0 Å². The van der Waals surface area contributed by atoms with Gasteiger partial charge >= 0.3 is 17.9 Å². The second-order valence-corrected chi connectivity index (χ2v) is 15.0. The van der Waals surface area contributed by atoms with Crippen molar-refractivity contribution in [1.82, 2.24) is 0 Å². The highest BCUT2D eigenvalue weighted by Gasteiger charge is 2.19. The van der Waals surface area contributed by atoms with E-state index in [1.165, 1.54) is 6.42 Å². The molecule has 63 heavy (non-hydrogen) atoms. The molecule has 0 spiro atoms. The number of hydrogen-bond acceptors (Lipinski definition) is 6. The molecule has 0 amide bonds. The van der Waals surface area contributed by atoms with E-state index in [0.717, 1.165) is 103 Å². The highest BCUT2D eigenvalue weighted by molar-refractivity contribution is 5.71.